The van der Waals surface area contributed by atoms with Gasteiger partial charge in [-0.2, -0.15) is 15.6 Å². The predicted octanol–water partition coefficient (Wildman–Crippen LogP) is 1.34. The van der Waals surface area contributed by atoms with E-state index in [4.69, 9.17) is 20.0 Å². The molecule has 1 aromatic carbocycles. The second-order valence-electron chi connectivity index (χ2n) is 4.71. The van der Waals surface area contributed by atoms with Gasteiger partial charge in [0.25, 0.3) is 0 Å². The molecule has 7 nitrogen and oxygen atoms in total. The summed E-state index contributed by atoms with van der Waals surface area (Å²) in [6.45, 7) is 3.98. The van der Waals surface area contributed by atoms with Crippen LogP contribution in [0.4, 0.5) is 5.69 Å². The second-order valence-corrected chi connectivity index (χ2v) is 4.71. The summed E-state index contributed by atoms with van der Waals surface area (Å²) in [6, 6.07) is 8.94. The Morgan fingerprint density at radius 1 is 1.36 bits per heavy atom. The summed E-state index contributed by atoms with van der Waals surface area (Å²) in [7, 11) is 1.63. The van der Waals surface area contributed by atoms with E-state index in [-0.39, 0.29) is 5.71 Å². The molecule has 0 aromatic heterocycles. The number of hydrazone groups is 1. The molecular formula is C15H17N5O2. The zero-order chi connectivity index (χ0) is 15.8. The highest BCUT2D eigenvalue weighted by Gasteiger charge is 2.13. The molecule has 1 heterocycles. The molecule has 0 radical (unpaired) electrons. The zero-order valence-electron chi connectivity index (χ0n) is 12.4. The molecule has 0 bridgehead atoms. The Morgan fingerprint density at radius 2 is 2.09 bits per heavy atom. The number of hydrogen-bond donors (Lipinski definition) is 1. The van der Waals surface area contributed by atoms with Crippen molar-refractivity contribution in [1.82, 2.24) is 4.90 Å². The fourth-order valence-corrected chi connectivity index (χ4v) is 2.17. The highest BCUT2D eigenvalue weighted by Crippen LogP contribution is 2.24. The number of ether oxygens (including phenoxy) is 2. The van der Waals surface area contributed by atoms with Gasteiger partial charge < -0.3 is 9.47 Å². The van der Waals surface area contributed by atoms with Gasteiger partial charge >= 0.3 is 0 Å². The summed E-state index contributed by atoms with van der Waals surface area (Å²) in [6.07, 6.45) is 0. The molecule has 0 saturated carbocycles. The van der Waals surface area contributed by atoms with Gasteiger partial charge in [-0.15, -0.1) is 0 Å². The van der Waals surface area contributed by atoms with Crippen molar-refractivity contribution < 1.29 is 9.47 Å². The van der Waals surface area contributed by atoms with Crippen molar-refractivity contribution in [3.8, 4) is 17.9 Å². The van der Waals surface area contributed by atoms with Crippen LogP contribution in [0.15, 0.2) is 23.3 Å². The van der Waals surface area contributed by atoms with Crippen molar-refractivity contribution in [3.63, 3.8) is 0 Å². The smallest absolute Gasteiger partial charge is 0.237 e. The lowest BCUT2D eigenvalue weighted by molar-refractivity contribution is 0.0339. The molecule has 1 saturated heterocycles. The van der Waals surface area contributed by atoms with Crippen molar-refractivity contribution in [1.29, 1.82) is 10.5 Å². The van der Waals surface area contributed by atoms with E-state index >= 15 is 0 Å². The fraction of sp³-hybridized carbons (Fsp3) is 0.400. The summed E-state index contributed by atoms with van der Waals surface area (Å²) in [5.41, 5.74) is 4.22. The number of nitrogens with zero attached hydrogens (tertiary/aromatic N) is 4. The third-order valence-corrected chi connectivity index (χ3v) is 3.29. The van der Waals surface area contributed by atoms with E-state index in [0.29, 0.717) is 5.69 Å². The SMILES string of the molecule is COc1ccc(NN=C(C#N)C#N)cc1CN1CCOCC1. The molecule has 2 rings (SSSR count). The van der Waals surface area contributed by atoms with Crippen LogP contribution in [-0.4, -0.2) is 44.0 Å². The van der Waals surface area contributed by atoms with Gasteiger partial charge in [-0.25, -0.2) is 0 Å². The first kappa shape index (κ1) is 15.8. The molecule has 0 spiro atoms. The Balaban J connectivity index is 2.13. The first-order valence-corrected chi connectivity index (χ1v) is 6.87. The van der Waals surface area contributed by atoms with Crippen LogP contribution in [0.1, 0.15) is 5.56 Å². The maximum Gasteiger partial charge on any atom is 0.237 e. The predicted molar refractivity (Wildman–Crippen MR) is 81.4 cm³/mol. The van der Waals surface area contributed by atoms with Crippen molar-refractivity contribution in [3.05, 3.63) is 23.8 Å². The maximum absolute atomic E-state index is 8.68. The Labute approximate surface area is 129 Å². The minimum atomic E-state index is -0.217. The van der Waals surface area contributed by atoms with E-state index in [2.05, 4.69) is 15.4 Å². The summed E-state index contributed by atoms with van der Waals surface area (Å²) in [4.78, 5) is 2.28. The number of morpholine rings is 1. The minimum Gasteiger partial charge on any atom is -0.496 e. The molecule has 1 aliphatic rings. The zero-order valence-corrected chi connectivity index (χ0v) is 12.4. The third kappa shape index (κ3) is 4.19. The Hall–Kier alpha value is -2.61. The minimum absolute atomic E-state index is 0.217. The van der Waals surface area contributed by atoms with Crippen LogP contribution in [0.3, 0.4) is 0 Å². The van der Waals surface area contributed by atoms with E-state index in [1.54, 1.807) is 25.3 Å². The largest absolute Gasteiger partial charge is 0.496 e. The highest BCUT2D eigenvalue weighted by atomic mass is 16.5. The monoisotopic (exact) mass is 299 g/mol. The van der Waals surface area contributed by atoms with Crippen LogP contribution < -0.4 is 10.2 Å². The lowest BCUT2D eigenvalue weighted by Crippen LogP contribution is -2.35. The van der Waals surface area contributed by atoms with E-state index in [1.807, 2.05) is 12.1 Å². The Bertz CT molecular complexity index is 608. The number of rotatable bonds is 5. The van der Waals surface area contributed by atoms with Crippen LogP contribution in [0.5, 0.6) is 5.75 Å². The van der Waals surface area contributed by atoms with E-state index in [9.17, 15) is 0 Å². The molecule has 1 aliphatic heterocycles. The van der Waals surface area contributed by atoms with Gasteiger partial charge in [-0.05, 0) is 18.2 Å². The first-order valence-electron chi connectivity index (χ1n) is 6.87. The van der Waals surface area contributed by atoms with Crippen molar-refractivity contribution in [2.45, 2.75) is 6.54 Å². The van der Waals surface area contributed by atoms with Crippen molar-refractivity contribution in [2.75, 3.05) is 38.8 Å². The molecule has 1 aromatic rings. The summed E-state index contributed by atoms with van der Waals surface area (Å²) in [5, 5.41) is 21.1. The third-order valence-electron chi connectivity index (χ3n) is 3.29. The van der Waals surface area contributed by atoms with Gasteiger partial charge in [0, 0.05) is 25.2 Å². The number of nitriles is 2. The van der Waals surface area contributed by atoms with Gasteiger partial charge in [0.15, 0.2) is 0 Å². The van der Waals surface area contributed by atoms with E-state index in [1.165, 1.54) is 0 Å². The molecule has 22 heavy (non-hydrogen) atoms. The second kappa shape index (κ2) is 7.99. The highest BCUT2D eigenvalue weighted by molar-refractivity contribution is 6.10. The fourth-order valence-electron chi connectivity index (χ4n) is 2.17. The van der Waals surface area contributed by atoms with E-state index in [0.717, 1.165) is 44.2 Å². The average molecular weight is 299 g/mol. The molecule has 0 aliphatic carbocycles. The molecule has 0 atom stereocenters. The molecule has 0 unspecified atom stereocenters. The number of benzene rings is 1. The molecule has 1 fully saturated rings. The molecule has 114 valence electrons. The normalized spacial score (nSPS) is 14.5. The lowest BCUT2D eigenvalue weighted by atomic mass is 10.1. The average Bonchev–Trinajstić information content (AvgIpc) is 2.57. The summed E-state index contributed by atoms with van der Waals surface area (Å²) in [5.74, 6) is 0.793. The number of methoxy groups -OCH3 is 1. The van der Waals surface area contributed by atoms with Crippen LogP contribution in [0.2, 0.25) is 0 Å². The van der Waals surface area contributed by atoms with Crippen molar-refractivity contribution >= 4 is 11.4 Å². The molecule has 1 N–H and O–H groups in total. The van der Waals surface area contributed by atoms with Crippen LogP contribution in [-0.2, 0) is 11.3 Å². The Kier molecular flexibility index (Phi) is 5.73. The van der Waals surface area contributed by atoms with Crippen LogP contribution >= 0.6 is 0 Å². The molecule has 0 amide bonds. The maximum atomic E-state index is 8.68. The standard InChI is InChI=1S/C15H17N5O2/c1-21-15-3-2-13(18-19-14(9-16)10-17)8-12(15)11-20-4-6-22-7-5-20/h2-3,8,18H,4-7,11H2,1H3. The molecular weight excluding hydrogens is 282 g/mol. The van der Waals surface area contributed by atoms with Gasteiger partial charge in [0.1, 0.15) is 17.9 Å². The number of nitrogens with one attached hydrogen (secondary N) is 1. The number of hydrogen-bond acceptors (Lipinski definition) is 7. The van der Waals surface area contributed by atoms with Crippen LogP contribution in [0, 0.1) is 22.7 Å². The van der Waals surface area contributed by atoms with Crippen LogP contribution in [0.25, 0.3) is 0 Å². The van der Waals surface area contributed by atoms with Gasteiger partial charge in [0.2, 0.25) is 5.71 Å². The van der Waals surface area contributed by atoms with Gasteiger partial charge in [-0.3, -0.25) is 10.3 Å². The van der Waals surface area contributed by atoms with E-state index < -0.39 is 0 Å². The lowest BCUT2D eigenvalue weighted by Gasteiger charge is -2.27. The van der Waals surface area contributed by atoms with Gasteiger partial charge in [-0.1, -0.05) is 0 Å². The topological polar surface area (TPSA) is 93.7 Å². The van der Waals surface area contributed by atoms with Gasteiger partial charge in [0.05, 0.1) is 26.0 Å². The quantitative estimate of drug-likeness (QED) is 0.651. The molecule has 7 heteroatoms. The Morgan fingerprint density at radius 3 is 2.73 bits per heavy atom. The summed E-state index contributed by atoms with van der Waals surface area (Å²) >= 11 is 0. The first-order chi connectivity index (χ1) is 10.8. The van der Waals surface area contributed by atoms with Crippen molar-refractivity contribution in [2.24, 2.45) is 5.10 Å². The number of anilines is 1. The summed E-state index contributed by atoms with van der Waals surface area (Å²) < 4.78 is 10.7.